The first-order valence-electron chi connectivity index (χ1n) is 7.59. The van der Waals surface area contributed by atoms with Gasteiger partial charge >= 0.3 is 0 Å². The van der Waals surface area contributed by atoms with E-state index in [0.717, 1.165) is 35.3 Å². The molecule has 2 aromatic heterocycles. The standard InChI is InChI=1S/C18H16ClN3O/c1-23-14-8-4-7-13(9-14)22-10-15(12-5-2-3-6-12)16-17(22)18(19)21-11-20-16/h2-4,7-12H,5-6H2,1H3. The molecular weight excluding hydrogens is 310 g/mol. The minimum Gasteiger partial charge on any atom is -0.497 e. The van der Waals surface area contributed by atoms with Crippen molar-refractivity contribution in [3.05, 3.63) is 59.7 Å². The lowest BCUT2D eigenvalue weighted by molar-refractivity contribution is 0.414. The largest absolute Gasteiger partial charge is 0.497 e. The molecule has 0 N–H and O–H groups in total. The molecule has 0 fully saturated rings. The Balaban J connectivity index is 1.95. The number of benzene rings is 1. The predicted molar refractivity (Wildman–Crippen MR) is 91.5 cm³/mol. The lowest BCUT2D eigenvalue weighted by Crippen LogP contribution is -1.95. The first kappa shape index (κ1) is 14.3. The number of hydrogen-bond donors (Lipinski definition) is 0. The van der Waals surface area contributed by atoms with Crippen molar-refractivity contribution in [1.82, 2.24) is 14.5 Å². The van der Waals surface area contributed by atoms with Gasteiger partial charge in [-0.1, -0.05) is 29.8 Å². The molecule has 5 heteroatoms. The summed E-state index contributed by atoms with van der Waals surface area (Å²) in [6.45, 7) is 0. The molecule has 4 nitrogen and oxygen atoms in total. The van der Waals surface area contributed by atoms with Crippen LogP contribution in [0.15, 0.2) is 48.9 Å². The van der Waals surface area contributed by atoms with Gasteiger partial charge in [0.2, 0.25) is 0 Å². The molecule has 1 aromatic carbocycles. The van der Waals surface area contributed by atoms with Crippen LogP contribution in [0.5, 0.6) is 5.75 Å². The maximum Gasteiger partial charge on any atom is 0.157 e. The van der Waals surface area contributed by atoms with Crippen molar-refractivity contribution in [3.63, 3.8) is 0 Å². The SMILES string of the molecule is COc1cccc(-n2cc(C3CC=CC3)c3ncnc(Cl)c32)c1. The first-order valence-corrected chi connectivity index (χ1v) is 7.96. The smallest absolute Gasteiger partial charge is 0.157 e. The van der Waals surface area contributed by atoms with Crippen molar-refractivity contribution in [2.45, 2.75) is 18.8 Å². The van der Waals surface area contributed by atoms with E-state index in [2.05, 4.69) is 32.9 Å². The van der Waals surface area contributed by atoms with Crippen LogP contribution < -0.4 is 4.74 Å². The van der Waals surface area contributed by atoms with Crippen LogP contribution in [-0.4, -0.2) is 21.6 Å². The fourth-order valence-electron chi connectivity index (χ4n) is 3.18. The first-order chi connectivity index (χ1) is 11.3. The van der Waals surface area contributed by atoms with Gasteiger partial charge < -0.3 is 9.30 Å². The molecule has 0 aliphatic heterocycles. The molecule has 0 unspecified atom stereocenters. The number of rotatable bonds is 3. The van der Waals surface area contributed by atoms with Crippen LogP contribution in [0.3, 0.4) is 0 Å². The maximum atomic E-state index is 6.39. The average Bonchev–Trinajstić information content (AvgIpc) is 3.23. The van der Waals surface area contributed by atoms with Crippen molar-refractivity contribution >= 4 is 22.6 Å². The van der Waals surface area contributed by atoms with Gasteiger partial charge in [-0.25, -0.2) is 9.97 Å². The Morgan fingerprint density at radius 3 is 2.83 bits per heavy atom. The molecule has 0 amide bonds. The van der Waals surface area contributed by atoms with Crippen molar-refractivity contribution in [2.24, 2.45) is 0 Å². The summed E-state index contributed by atoms with van der Waals surface area (Å²) in [6, 6.07) is 7.91. The maximum absolute atomic E-state index is 6.39. The molecule has 0 spiro atoms. The summed E-state index contributed by atoms with van der Waals surface area (Å²) >= 11 is 6.39. The Morgan fingerprint density at radius 2 is 2.04 bits per heavy atom. The molecule has 0 bridgehead atoms. The number of nitrogens with zero attached hydrogens (tertiary/aromatic N) is 3. The number of allylic oxidation sites excluding steroid dienone is 2. The van der Waals surface area contributed by atoms with E-state index in [1.165, 1.54) is 11.9 Å². The van der Waals surface area contributed by atoms with Crippen LogP contribution in [0.2, 0.25) is 5.15 Å². The molecule has 0 radical (unpaired) electrons. The molecule has 0 atom stereocenters. The van der Waals surface area contributed by atoms with Crippen molar-refractivity contribution in [3.8, 4) is 11.4 Å². The summed E-state index contributed by atoms with van der Waals surface area (Å²) in [6.07, 6.45) is 10.2. The summed E-state index contributed by atoms with van der Waals surface area (Å²) in [5.74, 6) is 1.26. The van der Waals surface area contributed by atoms with Gasteiger partial charge in [0.1, 0.15) is 17.6 Å². The Hall–Kier alpha value is -2.33. The molecule has 1 aliphatic carbocycles. The van der Waals surface area contributed by atoms with Crippen LogP contribution in [0.4, 0.5) is 0 Å². The van der Waals surface area contributed by atoms with Crippen LogP contribution in [0.1, 0.15) is 24.3 Å². The third kappa shape index (κ3) is 2.39. The molecule has 0 saturated carbocycles. The van der Waals surface area contributed by atoms with E-state index in [0.29, 0.717) is 11.1 Å². The highest BCUT2D eigenvalue weighted by Crippen LogP contribution is 2.37. The van der Waals surface area contributed by atoms with Crippen LogP contribution in [-0.2, 0) is 0 Å². The zero-order chi connectivity index (χ0) is 15.8. The van der Waals surface area contributed by atoms with E-state index in [-0.39, 0.29) is 0 Å². The molecule has 2 heterocycles. The van der Waals surface area contributed by atoms with E-state index < -0.39 is 0 Å². The minimum absolute atomic E-state index is 0.454. The second-order valence-electron chi connectivity index (χ2n) is 5.66. The van der Waals surface area contributed by atoms with E-state index in [4.69, 9.17) is 16.3 Å². The zero-order valence-electron chi connectivity index (χ0n) is 12.7. The van der Waals surface area contributed by atoms with Gasteiger partial charge in [0.25, 0.3) is 0 Å². The molecule has 0 saturated heterocycles. The monoisotopic (exact) mass is 325 g/mol. The lowest BCUT2D eigenvalue weighted by atomic mass is 9.99. The fourth-order valence-corrected chi connectivity index (χ4v) is 3.40. The van der Waals surface area contributed by atoms with Crippen LogP contribution in [0, 0.1) is 0 Å². The summed E-state index contributed by atoms with van der Waals surface area (Å²) in [5, 5.41) is 0.468. The summed E-state index contributed by atoms with van der Waals surface area (Å²) in [7, 11) is 1.67. The highest BCUT2D eigenvalue weighted by molar-refractivity contribution is 6.33. The van der Waals surface area contributed by atoms with Gasteiger partial charge in [0.15, 0.2) is 5.15 Å². The summed E-state index contributed by atoms with van der Waals surface area (Å²) in [5.41, 5.74) is 3.99. The highest BCUT2D eigenvalue weighted by Gasteiger charge is 2.22. The fraction of sp³-hybridized carbons (Fsp3) is 0.222. The van der Waals surface area contributed by atoms with Gasteiger partial charge in [-0.15, -0.1) is 0 Å². The third-order valence-corrected chi connectivity index (χ3v) is 4.62. The van der Waals surface area contributed by atoms with Gasteiger partial charge in [0.05, 0.1) is 12.6 Å². The number of aromatic nitrogens is 3. The second kappa shape index (κ2) is 5.70. The molecular formula is C18H16ClN3O. The molecule has 4 rings (SSSR count). The minimum atomic E-state index is 0.454. The molecule has 1 aliphatic rings. The molecule has 116 valence electrons. The topological polar surface area (TPSA) is 39.9 Å². The van der Waals surface area contributed by atoms with Crippen molar-refractivity contribution < 1.29 is 4.74 Å². The number of hydrogen-bond acceptors (Lipinski definition) is 3. The summed E-state index contributed by atoms with van der Waals surface area (Å²) in [4.78, 5) is 8.66. The quantitative estimate of drug-likeness (QED) is 0.525. The Kier molecular flexibility index (Phi) is 3.54. The average molecular weight is 326 g/mol. The van der Waals surface area contributed by atoms with Gasteiger partial charge in [-0.2, -0.15) is 0 Å². The highest BCUT2D eigenvalue weighted by atomic mass is 35.5. The normalized spacial score (nSPS) is 14.7. The Labute approximate surface area is 139 Å². The number of fused-ring (bicyclic) bond motifs is 1. The zero-order valence-corrected chi connectivity index (χ0v) is 13.5. The molecule has 23 heavy (non-hydrogen) atoms. The predicted octanol–water partition coefficient (Wildman–Crippen LogP) is 4.52. The van der Waals surface area contributed by atoms with E-state index >= 15 is 0 Å². The van der Waals surface area contributed by atoms with E-state index in [1.54, 1.807) is 7.11 Å². The van der Waals surface area contributed by atoms with Crippen molar-refractivity contribution in [2.75, 3.05) is 7.11 Å². The van der Waals surface area contributed by atoms with Gasteiger partial charge in [0, 0.05) is 23.5 Å². The molecule has 3 aromatic rings. The van der Waals surface area contributed by atoms with Crippen molar-refractivity contribution in [1.29, 1.82) is 0 Å². The number of halogens is 1. The second-order valence-corrected chi connectivity index (χ2v) is 6.02. The number of ether oxygens (including phenoxy) is 1. The van der Waals surface area contributed by atoms with E-state index in [9.17, 15) is 0 Å². The number of methoxy groups -OCH3 is 1. The lowest BCUT2D eigenvalue weighted by Gasteiger charge is -2.08. The van der Waals surface area contributed by atoms with Crippen LogP contribution >= 0.6 is 11.6 Å². The Bertz CT molecular complexity index is 892. The summed E-state index contributed by atoms with van der Waals surface area (Å²) < 4.78 is 7.40. The van der Waals surface area contributed by atoms with Gasteiger partial charge in [-0.3, -0.25) is 0 Å². The van der Waals surface area contributed by atoms with Crippen LogP contribution in [0.25, 0.3) is 16.7 Å². The Morgan fingerprint density at radius 1 is 1.22 bits per heavy atom. The van der Waals surface area contributed by atoms with E-state index in [1.807, 2.05) is 24.3 Å². The third-order valence-electron chi connectivity index (χ3n) is 4.34. The van der Waals surface area contributed by atoms with Gasteiger partial charge in [-0.05, 0) is 30.9 Å².